The topological polar surface area (TPSA) is 57.7 Å². The van der Waals surface area contributed by atoms with Gasteiger partial charge in [-0.15, -0.1) is 11.3 Å². The van der Waals surface area contributed by atoms with Crippen molar-refractivity contribution in [3.8, 4) is 0 Å². The van der Waals surface area contributed by atoms with Crippen LogP contribution in [0.3, 0.4) is 0 Å². The summed E-state index contributed by atoms with van der Waals surface area (Å²) in [6.07, 6.45) is 4.93. The van der Waals surface area contributed by atoms with Crippen LogP contribution in [-0.4, -0.2) is 49.7 Å². The number of piperazine rings is 1. The van der Waals surface area contributed by atoms with Crippen molar-refractivity contribution < 1.29 is 13.2 Å². The molecule has 0 saturated carbocycles. The molecule has 0 atom stereocenters. The molecule has 1 aliphatic heterocycles. The third-order valence-electron chi connectivity index (χ3n) is 4.08. The van der Waals surface area contributed by atoms with Crippen LogP contribution in [0.4, 0.5) is 0 Å². The molecule has 1 amide bonds. The van der Waals surface area contributed by atoms with Gasteiger partial charge in [-0.25, -0.2) is 8.42 Å². The molecule has 7 heteroatoms. The summed E-state index contributed by atoms with van der Waals surface area (Å²) in [5, 5.41) is 3.19. The largest absolute Gasteiger partial charge is 0.337 e. The van der Waals surface area contributed by atoms with Gasteiger partial charge in [0, 0.05) is 42.5 Å². The molecule has 1 fully saturated rings. The summed E-state index contributed by atoms with van der Waals surface area (Å²) in [5.74, 6) is -0.0877. The summed E-state index contributed by atoms with van der Waals surface area (Å²) in [4.78, 5) is 14.9. The van der Waals surface area contributed by atoms with Crippen molar-refractivity contribution in [2.75, 3.05) is 26.2 Å². The zero-order valence-corrected chi connectivity index (χ0v) is 15.8. The second kappa shape index (κ2) is 8.44. The second-order valence-electron chi connectivity index (χ2n) is 5.83. The van der Waals surface area contributed by atoms with E-state index in [1.807, 2.05) is 47.8 Å². The Kier molecular flexibility index (Phi) is 6.03. The van der Waals surface area contributed by atoms with Gasteiger partial charge in [-0.3, -0.25) is 4.79 Å². The predicted octanol–water partition coefficient (Wildman–Crippen LogP) is 2.91. The van der Waals surface area contributed by atoms with E-state index < -0.39 is 10.0 Å². The van der Waals surface area contributed by atoms with Gasteiger partial charge >= 0.3 is 0 Å². The van der Waals surface area contributed by atoms with E-state index in [-0.39, 0.29) is 5.91 Å². The van der Waals surface area contributed by atoms with Crippen molar-refractivity contribution in [1.82, 2.24) is 9.21 Å². The van der Waals surface area contributed by atoms with Crippen LogP contribution in [0.5, 0.6) is 0 Å². The molecule has 1 aromatic carbocycles. The molecule has 3 rings (SSSR count). The standard InChI is InChI=1S/C19H20N2O3S2/c22-19(9-8-18-7-4-15-25-18)20-11-13-21(14-12-20)26(23,24)16-10-17-5-2-1-3-6-17/h1-10,15-16H,11-14H2. The van der Waals surface area contributed by atoms with Gasteiger partial charge in [-0.1, -0.05) is 36.4 Å². The molecule has 0 unspecified atom stereocenters. The summed E-state index contributed by atoms with van der Waals surface area (Å²) in [5.41, 5.74) is 0.837. The number of hydrogen-bond donors (Lipinski definition) is 0. The quantitative estimate of drug-likeness (QED) is 0.740. The number of carbonyl (C=O) groups is 1. The van der Waals surface area contributed by atoms with Gasteiger partial charge in [-0.05, 0) is 29.2 Å². The van der Waals surface area contributed by atoms with Crippen molar-refractivity contribution in [2.24, 2.45) is 0 Å². The molecule has 0 spiro atoms. The summed E-state index contributed by atoms with van der Waals surface area (Å²) in [7, 11) is -3.48. The zero-order valence-electron chi connectivity index (χ0n) is 14.2. The van der Waals surface area contributed by atoms with E-state index in [2.05, 4.69) is 0 Å². The fraction of sp³-hybridized carbons (Fsp3) is 0.211. The lowest BCUT2D eigenvalue weighted by Crippen LogP contribution is -2.49. The minimum atomic E-state index is -3.48. The van der Waals surface area contributed by atoms with Crippen molar-refractivity contribution in [2.45, 2.75) is 0 Å². The van der Waals surface area contributed by atoms with E-state index in [0.29, 0.717) is 26.2 Å². The minimum Gasteiger partial charge on any atom is -0.337 e. The third-order valence-corrected chi connectivity index (χ3v) is 6.48. The number of thiophene rings is 1. The van der Waals surface area contributed by atoms with Gasteiger partial charge in [0.25, 0.3) is 0 Å². The molecule has 0 aliphatic carbocycles. The molecule has 5 nitrogen and oxygen atoms in total. The molecule has 0 bridgehead atoms. The lowest BCUT2D eigenvalue weighted by Gasteiger charge is -2.32. The maximum Gasteiger partial charge on any atom is 0.246 e. The van der Waals surface area contributed by atoms with Crippen LogP contribution in [0.2, 0.25) is 0 Å². The van der Waals surface area contributed by atoms with E-state index in [9.17, 15) is 13.2 Å². The monoisotopic (exact) mass is 388 g/mol. The average molecular weight is 389 g/mol. The Morgan fingerprint density at radius 3 is 2.35 bits per heavy atom. The first kappa shape index (κ1) is 18.6. The number of rotatable bonds is 5. The molecule has 1 aliphatic rings. The van der Waals surface area contributed by atoms with Crippen LogP contribution in [0, 0.1) is 0 Å². The predicted molar refractivity (Wildman–Crippen MR) is 106 cm³/mol. The molecule has 2 heterocycles. The van der Waals surface area contributed by atoms with Crippen molar-refractivity contribution in [1.29, 1.82) is 0 Å². The van der Waals surface area contributed by atoms with Crippen LogP contribution in [-0.2, 0) is 14.8 Å². The first-order chi connectivity index (χ1) is 12.5. The highest BCUT2D eigenvalue weighted by Gasteiger charge is 2.26. The third kappa shape index (κ3) is 4.91. The van der Waals surface area contributed by atoms with E-state index in [4.69, 9.17) is 0 Å². The summed E-state index contributed by atoms with van der Waals surface area (Å²) >= 11 is 1.57. The van der Waals surface area contributed by atoms with Crippen LogP contribution in [0.15, 0.2) is 59.3 Å². The summed E-state index contributed by atoms with van der Waals surface area (Å²) in [6.45, 7) is 1.40. The van der Waals surface area contributed by atoms with Gasteiger partial charge in [0.1, 0.15) is 0 Å². The van der Waals surface area contributed by atoms with E-state index in [1.54, 1.807) is 34.5 Å². The zero-order chi connectivity index (χ0) is 18.4. The number of hydrogen-bond acceptors (Lipinski definition) is 4. The Morgan fingerprint density at radius 2 is 1.69 bits per heavy atom. The number of carbonyl (C=O) groups excluding carboxylic acids is 1. The van der Waals surface area contributed by atoms with Crippen LogP contribution in [0.25, 0.3) is 12.2 Å². The molecule has 136 valence electrons. The minimum absolute atomic E-state index is 0.0877. The highest BCUT2D eigenvalue weighted by atomic mass is 32.2. The number of nitrogens with zero attached hydrogens (tertiary/aromatic N) is 2. The fourth-order valence-corrected chi connectivity index (χ4v) is 4.41. The van der Waals surface area contributed by atoms with Gasteiger partial charge in [0.2, 0.25) is 15.9 Å². The fourth-order valence-electron chi connectivity index (χ4n) is 2.62. The average Bonchev–Trinajstić information content (AvgIpc) is 3.19. The SMILES string of the molecule is O=C(C=Cc1cccs1)N1CCN(S(=O)(=O)C=Cc2ccccc2)CC1. The molecular weight excluding hydrogens is 368 g/mol. The summed E-state index contributed by atoms with van der Waals surface area (Å²) in [6, 6.07) is 13.2. The lowest BCUT2D eigenvalue weighted by molar-refractivity contribution is -0.127. The molecule has 1 saturated heterocycles. The van der Waals surface area contributed by atoms with Crippen molar-refractivity contribution in [3.05, 3.63) is 69.8 Å². The Balaban J connectivity index is 1.55. The Labute approximate surface area is 157 Å². The molecule has 1 aromatic heterocycles. The maximum absolute atomic E-state index is 12.4. The second-order valence-corrected chi connectivity index (χ2v) is 8.63. The highest BCUT2D eigenvalue weighted by Crippen LogP contribution is 2.13. The van der Waals surface area contributed by atoms with Gasteiger partial charge < -0.3 is 4.90 Å². The first-order valence-corrected chi connectivity index (χ1v) is 10.7. The molecule has 0 N–H and O–H groups in total. The molecule has 26 heavy (non-hydrogen) atoms. The maximum atomic E-state index is 12.4. The summed E-state index contributed by atoms with van der Waals surface area (Å²) < 4.78 is 26.3. The Hall–Kier alpha value is -2.22. The van der Waals surface area contributed by atoms with E-state index in [1.165, 1.54) is 9.71 Å². The van der Waals surface area contributed by atoms with Gasteiger partial charge in [0.05, 0.1) is 0 Å². The van der Waals surface area contributed by atoms with Gasteiger partial charge in [0.15, 0.2) is 0 Å². The normalized spacial score (nSPS) is 16.5. The van der Waals surface area contributed by atoms with E-state index >= 15 is 0 Å². The first-order valence-electron chi connectivity index (χ1n) is 8.28. The molecule has 2 aromatic rings. The lowest BCUT2D eigenvalue weighted by atomic mass is 10.2. The van der Waals surface area contributed by atoms with E-state index in [0.717, 1.165) is 10.4 Å². The van der Waals surface area contributed by atoms with Crippen LogP contribution in [0.1, 0.15) is 10.4 Å². The van der Waals surface area contributed by atoms with Crippen LogP contribution < -0.4 is 0 Å². The number of amides is 1. The number of benzene rings is 1. The smallest absolute Gasteiger partial charge is 0.246 e. The number of sulfonamides is 1. The molecular formula is C19H20N2O3S2. The van der Waals surface area contributed by atoms with Crippen LogP contribution >= 0.6 is 11.3 Å². The highest BCUT2D eigenvalue weighted by molar-refractivity contribution is 7.92. The Morgan fingerprint density at radius 1 is 0.962 bits per heavy atom. The van der Waals surface area contributed by atoms with Crippen molar-refractivity contribution >= 4 is 39.4 Å². The van der Waals surface area contributed by atoms with Crippen molar-refractivity contribution in [3.63, 3.8) is 0 Å². The van der Waals surface area contributed by atoms with Gasteiger partial charge in [-0.2, -0.15) is 4.31 Å². The molecule has 0 radical (unpaired) electrons. The Bertz CT molecular complexity index is 880.